The van der Waals surface area contributed by atoms with Crippen LogP contribution in [0.1, 0.15) is 20.8 Å². The second kappa shape index (κ2) is 8.43. The van der Waals surface area contributed by atoms with Gasteiger partial charge in [0.25, 0.3) is 5.17 Å². The van der Waals surface area contributed by atoms with Gasteiger partial charge in [-0.15, -0.1) is 0 Å². The molecule has 0 aliphatic heterocycles. The van der Waals surface area contributed by atoms with Crippen molar-refractivity contribution in [2.24, 2.45) is 0 Å². The van der Waals surface area contributed by atoms with E-state index in [2.05, 4.69) is 5.32 Å². The number of methoxy groups -OCH3 is 1. The predicted octanol–water partition coefficient (Wildman–Crippen LogP) is 3.77. The Morgan fingerprint density at radius 2 is 2.10 bits per heavy atom. The molecule has 0 aromatic heterocycles. The van der Waals surface area contributed by atoms with E-state index in [0.29, 0.717) is 23.3 Å². The highest BCUT2D eigenvalue weighted by atomic mass is 32.1. The van der Waals surface area contributed by atoms with Crippen LogP contribution in [0, 0.1) is 0 Å². The first-order valence-electron chi connectivity index (χ1n) is 6.46. The van der Waals surface area contributed by atoms with Crippen molar-refractivity contribution in [3.05, 3.63) is 30.4 Å². The van der Waals surface area contributed by atoms with Crippen LogP contribution in [0.25, 0.3) is 0 Å². The summed E-state index contributed by atoms with van der Waals surface area (Å²) in [5, 5.41) is 3.35. The summed E-state index contributed by atoms with van der Waals surface area (Å²) in [5.41, 5.74) is 0.798. The average Bonchev–Trinajstić information content (AvgIpc) is 2.38. The van der Waals surface area contributed by atoms with E-state index in [4.69, 9.17) is 26.4 Å². The quantitative estimate of drug-likeness (QED) is 0.639. The summed E-state index contributed by atoms with van der Waals surface area (Å²) in [6.45, 7) is 6.28. The SMILES string of the molecule is C/C=C\COc1cc(NC(=S)OC(C)C)ccc1OC. The summed E-state index contributed by atoms with van der Waals surface area (Å²) in [6, 6.07) is 5.51. The summed E-state index contributed by atoms with van der Waals surface area (Å²) in [6.07, 6.45) is 3.89. The smallest absolute Gasteiger partial charge is 0.261 e. The van der Waals surface area contributed by atoms with E-state index in [1.165, 1.54) is 0 Å². The van der Waals surface area contributed by atoms with Crippen molar-refractivity contribution in [1.82, 2.24) is 0 Å². The maximum Gasteiger partial charge on any atom is 0.261 e. The lowest BCUT2D eigenvalue weighted by molar-refractivity contribution is 0.235. The molecule has 1 aromatic carbocycles. The maximum atomic E-state index is 5.64. The number of anilines is 1. The average molecular weight is 295 g/mol. The van der Waals surface area contributed by atoms with Crippen LogP contribution in [0.4, 0.5) is 5.69 Å². The molecule has 20 heavy (non-hydrogen) atoms. The van der Waals surface area contributed by atoms with Crippen LogP contribution in [-0.4, -0.2) is 25.0 Å². The van der Waals surface area contributed by atoms with Crippen LogP contribution >= 0.6 is 12.2 Å². The summed E-state index contributed by atoms with van der Waals surface area (Å²) in [5.74, 6) is 1.33. The Hall–Kier alpha value is -1.75. The van der Waals surface area contributed by atoms with E-state index >= 15 is 0 Å². The maximum absolute atomic E-state index is 5.64. The van der Waals surface area contributed by atoms with Gasteiger partial charge in [0, 0.05) is 11.8 Å². The lowest BCUT2D eigenvalue weighted by atomic mass is 10.3. The zero-order valence-electron chi connectivity index (χ0n) is 12.3. The summed E-state index contributed by atoms with van der Waals surface area (Å²) >= 11 is 5.11. The molecule has 110 valence electrons. The minimum Gasteiger partial charge on any atom is -0.493 e. The van der Waals surface area contributed by atoms with Gasteiger partial charge in [0.05, 0.1) is 13.2 Å². The van der Waals surface area contributed by atoms with Gasteiger partial charge in [-0.3, -0.25) is 0 Å². The van der Waals surface area contributed by atoms with Crippen molar-refractivity contribution in [3.63, 3.8) is 0 Å². The fraction of sp³-hybridized carbons (Fsp3) is 0.400. The third kappa shape index (κ3) is 5.48. The molecule has 0 saturated carbocycles. The molecule has 4 nitrogen and oxygen atoms in total. The van der Waals surface area contributed by atoms with Crippen molar-refractivity contribution in [2.45, 2.75) is 26.9 Å². The highest BCUT2D eigenvalue weighted by Gasteiger charge is 2.07. The van der Waals surface area contributed by atoms with Crippen molar-refractivity contribution in [1.29, 1.82) is 0 Å². The fourth-order valence-electron chi connectivity index (χ4n) is 1.46. The molecule has 0 atom stereocenters. The van der Waals surface area contributed by atoms with Gasteiger partial charge in [-0.05, 0) is 45.1 Å². The van der Waals surface area contributed by atoms with Gasteiger partial charge in [-0.2, -0.15) is 0 Å². The van der Waals surface area contributed by atoms with Gasteiger partial charge in [-0.25, -0.2) is 0 Å². The molecule has 1 aromatic rings. The van der Waals surface area contributed by atoms with Gasteiger partial charge in [0.1, 0.15) is 6.61 Å². The second-order valence-corrected chi connectivity index (χ2v) is 4.70. The summed E-state index contributed by atoms with van der Waals surface area (Å²) < 4.78 is 16.3. The number of hydrogen-bond donors (Lipinski definition) is 1. The normalized spacial score (nSPS) is 10.7. The van der Waals surface area contributed by atoms with Gasteiger partial charge in [0.15, 0.2) is 11.5 Å². The largest absolute Gasteiger partial charge is 0.493 e. The zero-order valence-corrected chi connectivity index (χ0v) is 13.1. The van der Waals surface area contributed by atoms with Gasteiger partial charge in [-0.1, -0.05) is 12.2 Å². The molecule has 0 fully saturated rings. The molecule has 0 spiro atoms. The number of benzene rings is 1. The molecular weight excluding hydrogens is 274 g/mol. The third-order valence-electron chi connectivity index (χ3n) is 2.32. The van der Waals surface area contributed by atoms with Gasteiger partial charge in [0.2, 0.25) is 0 Å². The summed E-state index contributed by atoms with van der Waals surface area (Å²) in [7, 11) is 1.61. The standard InChI is InChI=1S/C15H21NO3S/c1-5-6-9-18-14-10-12(7-8-13(14)17-4)16-15(20)19-11(2)3/h5-8,10-11H,9H2,1-4H3,(H,16,20)/b6-5-. The van der Waals surface area contributed by atoms with E-state index in [-0.39, 0.29) is 6.10 Å². The molecule has 1 rings (SSSR count). The minimum absolute atomic E-state index is 0.0404. The monoisotopic (exact) mass is 295 g/mol. The third-order valence-corrected chi connectivity index (χ3v) is 2.52. The molecule has 0 saturated heterocycles. The lowest BCUT2D eigenvalue weighted by Gasteiger charge is -2.14. The Morgan fingerprint density at radius 1 is 1.35 bits per heavy atom. The van der Waals surface area contributed by atoms with E-state index in [9.17, 15) is 0 Å². The fourth-order valence-corrected chi connectivity index (χ4v) is 1.77. The first-order valence-corrected chi connectivity index (χ1v) is 6.87. The molecule has 0 heterocycles. The van der Waals surface area contributed by atoms with Crippen molar-refractivity contribution >= 4 is 23.1 Å². The number of nitrogens with one attached hydrogen (secondary N) is 1. The Labute approximate surface area is 125 Å². The molecule has 0 bridgehead atoms. The van der Waals surface area contributed by atoms with Crippen LogP contribution in [0.2, 0.25) is 0 Å². The van der Waals surface area contributed by atoms with Crippen LogP contribution < -0.4 is 14.8 Å². The van der Waals surface area contributed by atoms with E-state index in [1.807, 2.05) is 51.1 Å². The second-order valence-electron chi connectivity index (χ2n) is 4.32. The molecule has 0 aliphatic rings. The molecule has 0 radical (unpaired) electrons. The first-order chi connectivity index (χ1) is 9.56. The number of hydrogen-bond acceptors (Lipinski definition) is 4. The lowest BCUT2D eigenvalue weighted by Crippen LogP contribution is -2.17. The molecule has 0 amide bonds. The zero-order chi connectivity index (χ0) is 15.0. The van der Waals surface area contributed by atoms with Crippen LogP contribution in [-0.2, 0) is 4.74 Å². The summed E-state index contributed by atoms with van der Waals surface area (Å²) in [4.78, 5) is 0. The minimum atomic E-state index is 0.0404. The van der Waals surface area contributed by atoms with Crippen LogP contribution in [0.5, 0.6) is 11.5 Å². The predicted molar refractivity (Wildman–Crippen MR) is 85.7 cm³/mol. The Balaban J connectivity index is 2.77. The number of allylic oxidation sites excluding steroid dienone is 1. The van der Waals surface area contributed by atoms with Crippen LogP contribution in [0.15, 0.2) is 30.4 Å². The van der Waals surface area contributed by atoms with E-state index < -0.39 is 0 Å². The van der Waals surface area contributed by atoms with E-state index in [1.54, 1.807) is 7.11 Å². The highest BCUT2D eigenvalue weighted by molar-refractivity contribution is 7.80. The molecular formula is C15H21NO3S. The van der Waals surface area contributed by atoms with Crippen molar-refractivity contribution in [2.75, 3.05) is 19.0 Å². The number of thiocarbonyl (C=S) groups is 1. The van der Waals surface area contributed by atoms with Crippen LogP contribution in [0.3, 0.4) is 0 Å². The molecule has 0 aliphatic carbocycles. The van der Waals surface area contributed by atoms with E-state index in [0.717, 1.165) is 5.69 Å². The van der Waals surface area contributed by atoms with Gasteiger partial charge < -0.3 is 19.5 Å². The Bertz CT molecular complexity index is 472. The molecule has 5 heteroatoms. The number of rotatable bonds is 6. The molecule has 0 unspecified atom stereocenters. The van der Waals surface area contributed by atoms with Crippen molar-refractivity contribution in [3.8, 4) is 11.5 Å². The highest BCUT2D eigenvalue weighted by Crippen LogP contribution is 2.30. The Kier molecular flexibility index (Phi) is 6.87. The first kappa shape index (κ1) is 16.3. The Morgan fingerprint density at radius 3 is 2.70 bits per heavy atom. The molecule has 1 N–H and O–H groups in total. The topological polar surface area (TPSA) is 39.7 Å². The van der Waals surface area contributed by atoms with Gasteiger partial charge >= 0.3 is 0 Å². The van der Waals surface area contributed by atoms with Crippen molar-refractivity contribution < 1.29 is 14.2 Å². The number of ether oxygens (including phenoxy) is 3.